The van der Waals surface area contributed by atoms with Crippen molar-refractivity contribution in [1.82, 2.24) is 0 Å². The summed E-state index contributed by atoms with van der Waals surface area (Å²) in [5.41, 5.74) is 9.09. The Hall–Kier alpha value is -2.84. The Labute approximate surface area is 256 Å². The Bertz CT molecular complexity index is 1860. The Morgan fingerprint density at radius 1 is 0.929 bits per heavy atom. The first-order valence-electron chi connectivity index (χ1n) is 16.2. The van der Waals surface area contributed by atoms with Crippen LogP contribution in [0.15, 0.2) is 64.5 Å². The molecule has 1 fully saturated rings. The van der Waals surface area contributed by atoms with E-state index in [4.69, 9.17) is 0 Å². The van der Waals surface area contributed by atoms with Crippen molar-refractivity contribution in [1.29, 1.82) is 0 Å². The van der Waals surface area contributed by atoms with Crippen molar-refractivity contribution in [2.24, 2.45) is 24.3 Å². The van der Waals surface area contributed by atoms with Gasteiger partial charge in [-0.1, -0.05) is 108 Å². The Kier molecular flexibility index (Phi) is 6.93. The summed E-state index contributed by atoms with van der Waals surface area (Å²) in [5.74, 6) is 1.43. The molecule has 1 aliphatic heterocycles. The lowest BCUT2D eigenvalue weighted by Crippen LogP contribution is -2.32. The van der Waals surface area contributed by atoms with Gasteiger partial charge in [0.1, 0.15) is 7.05 Å². The number of aryl methyl sites for hydroxylation is 2. The van der Waals surface area contributed by atoms with E-state index in [1.165, 1.54) is 102 Å². The minimum absolute atomic E-state index is 0.265. The van der Waals surface area contributed by atoms with Crippen LogP contribution >= 0.6 is 11.8 Å². The maximum absolute atomic E-state index is 2.51. The molecule has 7 rings (SSSR count). The fourth-order valence-electron chi connectivity index (χ4n) is 8.05. The van der Waals surface area contributed by atoms with Gasteiger partial charge in [-0.15, -0.1) is 0 Å². The van der Waals surface area contributed by atoms with Crippen LogP contribution in [0.25, 0.3) is 43.6 Å². The van der Waals surface area contributed by atoms with Gasteiger partial charge in [0.15, 0.2) is 6.20 Å². The van der Waals surface area contributed by atoms with Crippen LogP contribution in [0, 0.1) is 24.2 Å². The molecule has 0 amide bonds. The lowest BCUT2D eigenvalue weighted by Gasteiger charge is -2.27. The van der Waals surface area contributed by atoms with E-state index in [-0.39, 0.29) is 5.41 Å². The Balaban J connectivity index is 1.54. The number of hydrogen-bond donors (Lipinski definition) is 0. The first kappa shape index (κ1) is 28.0. The zero-order valence-electron chi connectivity index (χ0n) is 26.7. The largest absolute Gasteiger partial charge is 0.222 e. The molecule has 0 unspecified atom stereocenters. The molecule has 0 atom stereocenters. The fraction of sp³-hybridized carbons (Fsp3) is 0.425. The van der Waals surface area contributed by atoms with Crippen molar-refractivity contribution in [3.05, 3.63) is 77.0 Å². The second kappa shape index (κ2) is 10.4. The molecular weight excluding hydrogens is 527 g/mol. The molecule has 1 aromatic heterocycles. The summed E-state index contributed by atoms with van der Waals surface area (Å²) in [4.78, 5) is 2.90. The van der Waals surface area contributed by atoms with E-state index in [9.17, 15) is 0 Å². The van der Waals surface area contributed by atoms with Crippen molar-refractivity contribution in [3.8, 4) is 11.3 Å². The third kappa shape index (κ3) is 4.75. The number of nitrogens with zero attached hydrogens (tertiary/aromatic N) is 1. The van der Waals surface area contributed by atoms with E-state index in [2.05, 4.69) is 108 Å². The zero-order chi connectivity index (χ0) is 29.3. The van der Waals surface area contributed by atoms with Crippen LogP contribution in [0.1, 0.15) is 82.6 Å². The molecule has 42 heavy (non-hydrogen) atoms. The monoisotopic (exact) mass is 572 g/mol. The molecule has 0 bridgehead atoms. The average Bonchev–Trinajstić information content (AvgIpc) is 3.44. The molecule has 1 nitrogen and oxygen atoms in total. The summed E-state index contributed by atoms with van der Waals surface area (Å²) in [5, 5.41) is 8.67. The van der Waals surface area contributed by atoms with Crippen LogP contribution in [0.3, 0.4) is 0 Å². The average molecular weight is 573 g/mol. The van der Waals surface area contributed by atoms with Crippen LogP contribution in [0.5, 0.6) is 0 Å². The van der Waals surface area contributed by atoms with Crippen molar-refractivity contribution in [2.45, 2.75) is 96.3 Å². The number of pyridine rings is 1. The Morgan fingerprint density at radius 3 is 2.45 bits per heavy atom. The summed E-state index contributed by atoms with van der Waals surface area (Å²) in [6.45, 7) is 14.2. The lowest BCUT2D eigenvalue weighted by atomic mass is 9.84. The van der Waals surface area contributed by atoms with Gasteiger partial charge in [-0.2, -0.15) is 0 Å². The first-order valence-corrected chi connectivity index (χ1v) is 17.0. The number of rotatable bonds is 5. The second-order valence-electron chi connectivity index (χ2n) is 14.9. The van der Waals surface area contributed by atoms with Gasteiger partial charge in [-0.3, -0.25) is 0 Å². The third-order valence-corrected chi connectivity index (χ3v) is 11.0. The number of aromatic nitrogens is 1. The Morgan fingerprint density at radius 2 is 1.71 bits per heavy atom. The molecule has 5 aromatic rings. The van der Waals surface area contributed by atoms with E-state index in [1.54, 1.807) is 5.56 Å². The van der Waals surface area contributed by atoms with Crippen molar-refractivity contribution in [2.75, 3.05) is 0 Å². The molecule has 1 saturated carbocycles. The molecule has 1 aliphatic carbocycles. The van der Waals surface area contributed by atoms with Crippen LogP contribution in [0.4, 0.5) is 0 Å². The molecule has 2 heteroatoms. The summed E-state index contributed by atoms with van der Waals surface area (Å²) in [6.07, 6.45) is 11.3. The molecule has 0 spiro atoms. The van der Waals surface area contributed by atoms with Crippen molar-refractivity contribution in [3.63, 3.8) is 0 Å². The van der Waals surface area contributed by atoms with Gasteiger partial charge in [-0.25, -0.2) is 4.57 Å². The van der Waals surface area contributed by atoms with Crippen LogP contribution in [-0.4, -0.2) is 0 Å². The maximum Gasteiger partial charge on any atom is 0.222 e. The highest BCUT2D eigenvalue weighted by molar-refractivity contribution is 8.00. The maximum atomic E-state index is 2.51. The predicted molar refractivity (Wildman–Crippen MR) is 182 cm³/mol. The first-order chi connectivity index (χ1) is 20.1. The SMILES string of the molecule is Cc1c2c(c(CC(C)C)c3ccc(CC(C)(C)C)cc13)Sc1cc3cccc(CC4CCCC4)c3c3cc[n+](C)c-2c13. The van der Waals surface area contributed by atoms with Crippen LogP contribution in [-0.2, 0) is 26.3 Å². The summed E-state index contributed by atoms with van der Waals surface area (Å²) in [7, 11) is 2.26. The van der Waals surface area contributed by atoms with Crippen molar-refractivity contribution >= 4 is 44.1 Å². The normalized spacial score (nSPS) is 15.4. The van der Waals surface area contributed by atoms with Crippen LogP contribution < -0.4 is 4.57 Å². The quantitative estimate of drug-likeness (QED) is 0.147. The highest BCUT2D eigenvalue weighted by Crippen LogP contribution is 2.53. The van der Waals surface area contributed by atoms with Gasteiger partial charge in [0, 0.05) is 21.2 Å². The third-order valence-electron chi connectivity index (χ3n) is 9.78. The van der Waals surface area contributed by atoms with Gasteiger partial charge in [0.05, 0.1) is 10.9 Å². The fourth-order valence-corrected chi connectivity index (χ4v) is 9.43. The van der Waals surface area contributed by atoms with E-state index < -0.39 is 0 Å². The van der Waals surface area contributed by atoms with E-state index in [0.29, 0.717) is 5.92 Å². The molecule has 216 valence electrons. The molecule has 4 aromatic carbocycles. The zero-order valence-corrected chi connectivity index (χ0v) is 27.5. The van der Waals surface area contributed by atoms with Crippen molar-refractivity contribution < 1.29 is 4.57 Å². The van der Waals surface area contributed by atoms with Crippen LogP contribution in [0.2, 0.25) is 0 Å². The predicted octanol–water partition coefficient (Wildman–Crippen LogP) is 10.9. The molecule has 0 N–H and O–H groups in total. The van der Waals surface area contributed by atoms with Gasteiger partial charge in [0.2, 0.25) is 5.69 Å². The summed E-state index contributed by atoms with van der Waals surface area (Å²) < 4.78 is 2.41. The number of hydrogen-bond acceptors (Lipinski definition) is 1. The highest BCUT2D eigenvalue weighted by atomic mass is 32.2. The van der Waals surface area contributed by atoms with E-state index in [1.807, 2.05) is 11.8 Å². The van der Waals surface area contributed by atoms with E-state index in [0.717, 1.165) is 18.8 Å². The van der Waals surface area contributed by atoms with Gasteiger partial charge < -0.3 is 0 Å². The highest BCUT2D eigenvalue weighted by Gasteiger charge is 2.33. The van der Waals surface area contributed by atoms with Gasteiger partial charge in [0.25, 0.3) is 0 Å². The molecule has 2 aliphatic rings. The lowest BCUT2D eigenvalue weighted by molar-refractivity contribution is -0.659. The molecular formula is C40H46NS+. The topological polar surface area (TPSA) is 3.88 Å². The smallest absolute Gasteiger partial charge is 0.200 e. The summed E-state index contributed by atoms with van der Waals surface area (Å²) >= 11 is 2.04. The van der Waals surface area contributed by atoms with Gasteiger partial charge in [-0.05, 0) is 93.3 Å². The summed E-state index contributed by atoms with van der Waals surface area (Å²) in [6, 6.07) is 19.3. The second-order valence-corrected chi connectivity index (χ2v) is 16.0. The van der Waals surface area contributed by atoms with Gasteiger partial charge >= 0.3 is 0 Å². The minimum atomic E-state index is 0.265. The number of fused-ring (bicyclic) bond motifs is 5. The molecule has 0 radical (unpaired) electrons. The number of benzene rings is 4. The van der Waals surface area contributed by atoms with E-state index >= 15 is 0 Å². The standard InChI is InChI=1S/C40H46NS/c1-24(2)19-33-30-16-15-27(23-40(4,5)6)21-32(30)25(3)35-38-37-31(17-18-41(38)7)36-28(20-26-11-8-9-12-26)13-10-14-29(36)22-34(37)42-39(33)35/h10,13-18,21-22,24,26H,8-9,11-12,19-20,23H2,1-7H3/q+1. The molecule has 0 saturated heterocycles. The minimum Gasteiger partial charge on any atom is -0.200 e. The molecule has 2 heterocycles.